The van der Waals surface area contributed by atoms with Crippen molar-refractivity contribution in [3.05, 3.63) is 65.9 Å². The Morgan fingerprint density at radius 1 is 0.875 bits per heavy atom. The SMILES string of the molecule is CCOc1ccc(C2=C(N(C)c3ccccc3)C(=O)N(C3CCCCCCC3)C2=O)cc1. The second kappa shape index (κ2) is 10.0. The van der Waals surface area contributed by atoms with E-state index < -0.39 is 0 Å². The highest BCUT2D eigenvalue weighted by molar-refractivity contribution is 6.36. The molecule has 5 nitrogen and oxygen atoms in total. The van der Waals surface area contributed by atoms with Gasteiger partial charge in [0, 0.05) is 18.8 Å². The summed E-state index contributed by atoms with van der Waals surface area (Å²) in [7, 11) is 1.87. The number of carbonyl (C=O) groups excluding carboxylic acids is 2. The lowest BCUT2D eigenvalue weighted by molar-refractivity contribution is -0.140. The van der Waals surface area contributed by atoms with Crippen LogP contribution in [0, 0.1) is 0 Å². The van der Waals surface area contributed by atoms with Crippen molar-refractivity contribution < 1.29 is 14.3 Å². The van der Waals surface area contributed by atoms with E-state index in [1.807, 2.05) is 73.5 Å². The minimum atomic E-state index is -0.184. The van der Waals surface area contributed by atoms with E-state index in [0.717, 1.165) is 42.7 Å². The molecule has 2 amide bonds. The summed E-state index contributed by atoms with van der Waals surface area (Å²) >= 11 is 0. The highest BCUT2D eigenvalue weighted by Crippen LogP contribution is 2.37. The molecule has 0 unspecified atom stereocenters. The minimum absolute atomic E-state index is 0.0327. The Bertz CT molecular complexity index is 974. The molecule has 1 heterocycles. The number of imide groups is 1. The summed E-state index contributed by atoms with van der Waals surface area (Å²) in [6.45, 7) is 2.52. The number of hydrogen-bond acceptors (Lipinski definition) is 4. The van der Waals surface area contributed by atoms with Gasteiger partial charge < -0.3 is 9.64 Å². The lowest BCUT2D eigenvalue weighted by Gasteiger charge is -2.29. The summed E-state index contributed by atoms with van der Waals surface area (Å²) in [6, 6.07) is 17.2. The van der Waals surface area contributed by atoms with Crippen LogP contribution in [0.3, 0.4) is 0 Å². The van der Waals surface area contributed by atoms with E-state index in [1.165, 1.54) is 19.3 Å². The minimum Gasteiger partial charge on any atom is -0.494 e. The molecule has 0 N–H and O–H groups in total. The Balaban J connectivity index is 1.75. The van der Waals surface area contributed by atoms with Crippen molar-refractivity contribution in [2.45, 2.75) is 57.9 Å². The Labute approximate surface area is 190 Å². The fourth-order valence-electron chi connectivity index (χ4n) is 4.80. The number of rotatable bonds is 6. The maximum Gasteiger partial charge on any atom is 0.278 e. The third-order valence-corrected chi connectivity index (χ3v) is 6.46. The van der Waals surface area contributed by atoms with Crippen molar-refractivity contribution in [1.82, 2.24) is 4.90 Å². The summed E-state index contributed by atoms with van der Waals surface area (Å²) in [5.41, 5.74) is 2.56. The molecule has 2 aliphatic rings. The van der Waals surface area contributed by atoms with E-state index in [-0.39, 0.29) is 17.9 Å². The van der Waals surface area contributed by atoms with Gasteiger partial charge in [-0.15, -0.1) is 0 Å². The Hall–Kier alpha value is -3.08. The number of carbonyl (C=O) groups is 2. The third-order valence-electron chi connectivity index (χ3n) is 6.46. The van der Waals surface area contributed by atoms with Crippen LogP contribution >= 0.6 is 0 Å². The van der Waals surface area contributed by atoms with Crippen LogP contribution in [0.25, 0.3) is 5.57 Å². The number of ether oxygens (including phenoxy) is 1. The Kier molecular flexibility index (Phi) is 6.93. The Morgan fingerprint density at radius 2 is 1.50 bits per heavy atom. The zero-order valence-electron chi connectivity index (χ0n) is 19.0. The maximum atomic E-state index is 13.8. The van der Waals surface area contributed by atoms with Crippen molar-refractivity contribution in [3.63, 3.8) is 0 Å². The highest BCUT2D eigenvalue weighted by Gasteiger charge is 2.44. The predicted octanol–water partition coefficient (Wildman–Crippen LogP) is 5.41. The average Bonchev–Trinajstić information content (AvgIpc) is 3.05. The van der Waals surface area contributed by atoms with Gasteiger partial charge in [-0.2, -0.15) is 0 Å². The molecule has 2 aromatic rings. The maximum absolute atomic E-state index is 13.8. The number of nitrogens with zero attached hydrogens (tertiary/aromatic N) is 2. The fraction of sp³-hybridized carbons (Fsp3) is 0.407. The largest absolute Gasteiger partial charge is 0.494 e. The van der Waals surface area contributed by atoms with Crippen molar-refractivity contribution >= 4 is 23.1 Å². The fourth-order valence-corrected chi connectivity index (χ4v) is 4.80. The van der Waals surface area contributed by atoms with Gasteiger partial charge in [-0.3, -0.25) is 14.5 Å². The first-order valence-electron chi connectivity index (χ1n) is 11.8. The zero-order chi connectivity index (χ0) is 22.5. The van der Waals surface area contributed by atoms with Crippen LogP contribution in [0.15, 0.2) is 60.3 Å². The number of hydrogen-bond donors (Lipinski definition) is 0. The van der Waals surface area contributed by atoms with Crippen molar-refractivity contribution in [2.75, 3.05) is 18.6 Å². The van der Waals surface area contributed by atoms with Gasteiger partial charge in [0.15, 0.2) is 0 Å². The smallest absolute Gasteiger partial charge is 0.278 e. The molecule has 0 bridgehead atoms. The molecule has 32 heavy (non-hydrogen) atoms. The van der Waals surface area contributed by atoms with Crippen LogP contribution in [-0.2, 0) is 9.59 Å². The molecule has 5 heteroatoms. The number of amides is 2. The van der Waals surface area contributed by atoms with Crippen molar-refractivity contribution in [3.8, 4) is 5.75 Å². The monoisotopic (exact) mass is 432 g/mol. The molecule has 2 aromatic carbocycles. The van der Waals surface area contributed by atoms with Gasteiger partial charge in [0.25, 0.3) is 11.8 Å². The zero-order valence-corrected chi connectivity index (χ0v) is 19.0. The van der Waals surface area contributed by atoms with Gasteiger partial charge in [-0.05, 0) is 49.6 Å². The van der Waals surface area contributed by atoms with Gasteiger partial charge in [0.1, 0.15) is 11.4 Å². The van der Waals surface area contributed by atoms with E-state index >= 15 is 0 Å². The molecule has 1 fully saturated rings. The van der Waals surface area contributed by atoms with Gasteiger partial charge in [-0.1, -0.05) is 62.4 Å². The quantitative estimate of drug-likeness (QED) is 0.573. The molecule has 0 aromatic heterocycles. The third kappa shape index (κ3) is 4.43. The lowest BCUT2D eigenvalue weighted by atomic mass is 9.95. The van der Waals surface area contributed by atoms with Crippen molar-refractivity contribution in [1.29, 1.82) is 0 Å². The predicted molar refractivity (Wildman–Crippen MR) is 127 cm³/mol. The topological polar surface area (TPSA) is 49.9 Å². The second-order valence-corrected chi connectivity index (χ2v) is 8.55. The van der Waals surface area contributed by atoms with Crippen LogP contribution in [0.5, 0.6) is 5.75 Å². The molecule has 1 saturated carbocycles. The van der Waals surface area contributed by atoms with Gasteiger partial charge >= 0.3 is 0 Å². The standard InChI is InChI=1S/C27H32N2O3/c1-3-32-23-18-16-20(17-19-23)24-25(28(2)21-12-10-7-11-13-21)27(31)29(26(24)30)22-14-8-5-4-6-9-15-22/h7,10-13,16-19,22H,3-6,8-9,14-15H2,1-2H3. The molecule has 4 rings (SSSR count). The van der Waals surface area contributed by atoms with Crippen LogP contribution in [0.1, 0.15) is 57.4 Å². The lowest BCUT2D eigenvalue weighted by Crippen LogP contribution is -2.42. The van der Waals surface area contributed by atoms with Crippen molar-refractivity contribution in [2.24, 2.45) is 0 Å². The average molecular weight is 433 g/mol. The first-order chi connectivity index (χ1) is 15.6. The van der Waals surface area contributed by atoms with Gasteiger partial charge in [0.05, 0.1) is 12.2 Å². The normalized spacial score (nSPS) is 18.0. The summed E-state index contributed by atoms with van der Waals surface area (Å²) in [5.74, 6) is 0.391. The van der Waals surface area contributed by atoms with Crippen LogP contribution in [0.2, 0.25) is 0 Å². The molecular formula is C27H32N2O3. The molecular weight excluding hydrogens is 400 g/mol. The van der Waals surface area contributed by atoms with Crippen LogP contribution in [0.4, 0.5) is 5.69 Å². The van der Waals surface area contributed by atoms with Crippen LogP contribution in [-0.4, -0.2) is 36.4 Å². The van der Waals surface area contributed by atoms with E-state index in [1.54, 1.807) is 4.90 Å². The first-order valence-corrected chi connectivity index (χ1v) is 11.8. The number of anilines is 1. The molecule has 0 radical (unpaired) electrons. The number of benzene rings is 2. The molecule has 168 valence electrons. The molecule has 0 spiro atoms. The summed E-state index contributed by atoms with van der Waals surface area (Å²) in [6.07, 6.45) is 7.47. The van der Waals surface area contributed by atoms with Crippen LogP contribution < -0.4 is 9.64 Å². The number of likely N-dealkylation sites (N-methyl/N-ethyl adjacent to an activating group) is 1. The Morgan fingerprint density at radius 3 is 2.12 bits per heavy atom. The van der Waals surface area contributed by atoms with Gasteiger partial charge in [-0.25, -0.2) is 0 Å². The van der Waals surface area contributed by atoms with E-state index in [2.05, 4.69) is 0 Å². The second-order valence-electron chi connectivity index (χ2n) is 8.55. The van der Waals surface area contributed by atoms with E-state index in [4.69, 9.17) is 4.74 Å². The van der Waals surface area contributed by atoms with E-state index in [9.17, 15) is 9.59 Å². The summed E-state index contributed by atoms with van der Waals surface area (Å²) < 4.78 is 5.57. The summed E-state index contributed by atoms with van der Waals surface area (Å²) in [4.78, 5) is 30.9. The van der Waals surface area contributed by atoms with Gasteiger partial charge in [0.2, 0.25) is 0 Å². The summed E-state index contributed by atoms with van der Waals surface area (Å²) in [5, 5.41) is 0. The van der Waals surface area contributed by atoms with E-state index in [0.29, 0.717) is 17.9 Å². The highest BCUT2D eigenvalue weighted by atomic mass is 16.5. The molecule has 1 aliphatic carbocycles. The molecule has 1 aliphatic heterocycles. The molecule has 0 atom stereocenters. The number of para-hydroxylation sites is 1. The molecule has 0 saturated heterocycles. The first kappa shape index (κ1) is 22.1.